The molecule has 2 aromatic heterocycles. The molecule has 0 aliphatic heterocycles. The number of carbonyl (C=O) groups is 1. The van der Waals surface area contributed by atoms with Gasteiger partial charge in [-0.05, 0) is 6.92 Å². The quantitative estimate of drug-likeness (QED) is 0.679. The average Bonchev–Trinajstić information content (AvgIpc) is 2.70. The van der Waals surface area contributed by atoms with Crippen molar-refractivity contribution in [2.75, 3.05) is 5.73 Å². The van der Waals surface area contributed by atoms with Gasteiger partial charge in [-0.15, -0.1) is 0 Å². The van der Waals surface area contributed by atoms with Crippen LogP contribution in [0.4, 0.5) is 5.69 Å². The van der Waals surface area contributed by atoms with Crippen molar-refractivity contribution in [1.82, 2.24) is 20.0 Å². The normalized spacial score (nSPS) is 10.6. The number of aromatic amines is 1. The number of anilines is 1. The van der Waals surface area contributed by atoms with Gasteiger partial charge in [-0.3, -0.25) is 9.78 Å². The predicted octanol–water partition coefficient (Wildman–Crippen LogP) is 0.399. The molecule has 0 radical (unpaired) electrons. The van der Waals surface area contributed by atoms with Crippen LogP contribution in [0.15, 0.2) is 6.20 Å². The summed E-state index contributed by atoms with van der Waals surface area (Å²) in [6.07, 6.45) is 1.57. The fourth-order valence-electron chi connectivity index (χ4n) is 1.58. The van der Waals surface area contributed by atoms with Crippen LogP contribution < -0.4 is 5.73 Å². The van der Waals surface area contributed by atoms with Crippen LogP contribution >= 0.6 is 0 Å². The lowest BCUT2D eigenvalue weighted by atomic mass is 10.1. The molecule has 4 N–H and O–H groups in total. The molecule has 7 nitrogen and oxygen atoms in total. The summed E-state index contributed by atoms with van der Waals surface area (Å²) in [6.45, 7) is 1.82. The van der Waals surface area contributed by atoms with Gasteiger partial charge in [0.15, 0.2) is 5.69 Å². The van der Waals surface area contributed by atoms with Crippen molar-refractivity contribution >= 4 is 11.7 Å². The molecule has 2 aromatic rings. The zero-order valence-electron chi connectivity index (χ0n) is 8.85. The molecule has 0 aromatic carbocycles. The van der Waals surface area contributed by atoms with E-state index in [0.29, 0.717) is 11.3 Å². The molecule has 0 aliphatic carbocycles. The molecular formula is C9H11N5O2. The molecule has 2 heterocycles. The maximum atomic E-state index is 10.9. The summed E-state index contributed by atoms with van der Waals surface area (Å²) in [7, 11) is 1.54. The number of nitrogens with one attached hydrogen (secondary N) is 1. The summed E-state index contributed by atoms with van der Waals surface area (Å²) in [5, 5.41) is 19.6. The number of H-pyrrole nitrogens is 1. The number of carboxylic acids is 1. The maximum Gasteiger partial charge on any atom is 0.356 e. The van der Waals surface area contributed by atoms with Crippen molar-refractivity contribution in [3.8, 4) is 11.3 Å². The van der Waals surface area contributed by atoms with E-state index >= 15 is 0 Å². The van der Waals surface area contributed by atoms with Gasteiger partial charge in [-0.2, -0.15) is 10.2 Å². The Morgan fingerprint density at radius 2 is 2.31 bits per heavy atom. The number of aromatic carboxylic acids is 1. The van der Waals surface area contributed by atoms with Crippen LogP contribution in [0.1, 0.15) is 16.2 Å². The van der Waals surface area contributed by atoms with E-state index in [9.17, 15) is 4.79 Å². The molecule has 2 rings (SSSR count). The van der Waals surface area contributed by atoms with E-state index in [4.69, 9.17) is 10.8 Å². The number of nitrogens with zero attached hydrogens (tertiary/aromatic N) is 3. The molecule has 0 unspecified atom stereocenters. The highest BCUT2D eigenvalue weighted by atomic mass is 16.4. The Balaban J connectivity index is 2.65. The minimum absolute atomic E-state index is 0.0180. The number of carboxylic acid groups (broad SMARTS) is 1. The van der Waals surface area contributed by atoms with Crippen molar-refractivity contribution in [2.45, 2.75) is 6.92 Å². The monoisotopic (exact) mass is 221 g/mol. The van der Waals surface area contributed by atoms with Gasteiger partial charge in [0.25, 0.3) is 0 Å². The number of nitrogen functional groups attached to an aromatic ring is 1. The molecule has 0 fully saturated rings. The number of nitrogens with two attached hydrogens (primary N) is 1. The molecule has 0 spiro atoms. The molecule has 7 heteroatoms. The number of hydrogen-bond donors (Lipinski definition) is 3. The third-order valence-corrected chi connectivity index (χ3v) is 2.37. The standard InChI is InChI=1S/C9H11N5O2/c1-4-5(3-11-12-4)7-6(10)8(9(15)16)14(2)13-7/h3H,10H2,1-2H3,(H,11,12)(H,15,16). The molecule has 0 bridgehead atoms. The lowest BCUT2D eigenvalue weighted by molar-refractivity contribution is 0.0686. The van der Waals surface area contributed by atoms with Crippen molar-refractivity contribution in [3.05, 3.63) is 17.6 Å². The number of aryl methyl sites for hydroxylation is 2. The summed E-state index contributed by atoms with van der Waals surface area (Å²) < 4.78 is 1.25. The van der Waals surface area contributed by atoms with Crippen LogP contribution in [0.3, 0.4) is 0 Å². The fourth-order valence-corrected chi connectivity index (χ4v) is 1.58. The van der Waals surface area contributed by atoms with Crippen LogP contribution in [-0.2, 0) is 7.05 Å². The van der Waals surface area contributed by atoms with Gasteiger partial charge >= 0.3 is 5.97 Å². The van der Waals surface area contributed by atoms with E-state index in [1.165, 1.54) is 4.68 Å². The van der Waals surface area contributed by atoms with Crippen LogP contribution in [0.5, 0.6) is 0 Å². The predicted molar refractivity (Wildman–Crippen MR) is 56.9 cm³/mol. The molecule has 16 heavy (non-hydrogen) atoms. The molecule has 84 valence electrons. The molecular weight excluding hydrogens is 210 g/mol. The highest BCUT2D eigenvalue weighted by molar-refractivity contribution is 5.96. The van der Waals surface area contributed by atoms with E-state index in [1.807, 2.05) is 6.92 Å². The summed E-state index contributed by atoms with van der Waals surface area (Å²) in [5.74, 6) is -1.10. The van der Waals surface area contributed by atoms with E-state index in [1.54, 1.807) is 13.2 Å². The van der Waals surface area contributed by atoms with E-state index in [-0.39, 0.29) is 11.4 Å². The minimum atomic E-state index is -1.10. The van der Waals surface area contributed by atoms with Crippen molar-refractivity contribution < 1.29 is 9.90 Å². The van der Waals surface area contributed by atoms with Crippen molar-refractivity contribution in [3.63, 3.8) is 0 Å². The average molecular weight is 221 g/mol. The Morgan fingerprint density at radius 1 is 1.62 bits per heavy atom. The summed E-state index contributed by atoms with van der Waals surface area (Å²) in [6, 6.07) is 0. The Hall–Kier alpha value is -2.31. The molecule has 0 aliphatic rings. The van der Waals surface area contributed by atoms with Gasteiger partial charge < -0.3 is 10.8 Å². The first-order valence-electron chi connectivity index (χ1n) is 4.58. The second kappa shape index (κ2) is 3.37. The summed E-state index contributed by atoms with van der Waals surface area (Å²) in [4.78, 5) is 10.9. The third kappa shape index (κ3) is 1.33. The first kappa shape index (κ1) is 10.2. The minimum Gasteiger partial charge on any atom is -0.476 e. The summed E-state index contributed by atoms with van der Waals surface area (Å²) >= 11 is 0. The zero-order valence-corrected chi connectivity index (χ0v) is 8.85. The van der Waals surface area contributed by atoms with Crippen LogP contribution in [0.2, 0.25) is 0 Å². The van der Waals surface area contributed by atoms with Gasteiger partial charge in [-0.1, -0.05) is 0 Å². The van der Waals surface area contributed by atoms with Crippen LogP contribution in [0, 0.1) is 6.92 Å². The third-order valence-electron chi connectivity index (χ3n) is 2.37. The maximum absolute atomic E-state index is 10.9. The van der Waals surface area contributed by atoms with Crippen molar-refractivity contribution in [2.24, 2.45) is 7.05 Å². The summed E-state index contributed by atoms with van der Waals surface area (Å²) in [5.41, 5.74) is 7.83. The Labute approximate surface area is 90.9 Å². The van der Waals surface area contributed by atoms with Crippen LogP contribution in [-0.4, -0.2) is 31.1 Å². The smallest absolute Gasteiger partial charge is 0.356 e. The Bertz CT molecular complexity index is 554. The molecule has 0 saturated carbocycles. The van der Waals surface area contributed by atoms with Gasteiger partial charge in [0, 0.05) is 18.3 Å². The molecule has 0 saturated heterocycles. The Morgan fingerprint density at radius 3 is 2.75 bits per heavy atom. The largest absolute Gasteiger partial charge is 0.476 e. The van der Waals surface area contributed by atoms with Gasteiger partial charge in [-0.25, -0.2) is 4.79 Å². The fraction of sp³-hybridized carbons (Fsp3) is 0.222. The topological polar surface area (TPSA) is 110 Å². The van der Waals surface area contributed by atoms with Gasteiger partial charge in [0.05, 0.1) is 11.9 Å². The second-order valence-corrected chi connectivity index (χ2v) is 3.45. The van der Waals surface area contributed by atoms with Gasteiger partial charge in [0.1, 0.15) is 5.69 Å². The number of hydrogen-bond acceptors (Lipinski definition) is 4. The highest BCUT2D eigenvalue weighted by Crippen LogP contribution is 2.28. The van der Waals surface area contributed by atoms with Crippen molar-refractivity contribution in [1.29, 1.82) is 0 Å². The number of aromatic nitrogens is 4. The SMILES string of the molecule is Cc1[nH]ncc1-c1nn(C)c(C(=O)O)c1N. The zero-order chi connectivity index (χ0) is 11.9. The first-order chi connectivity index (χ1) is 7.52. The van der Waals surface area contributed by atoms with E-state index in [2.05, 4.69) is 15.3 Å². The van der Waals surface area contributed by atoms with E-state index in [0.717, 1.165) is 5.69 Å². The second-order valence-electron chi connectivity index (χ2n) is 3.45. The Kier molecular flexibility index (Phi) is 2.15. The molecule has 0 amide bonds. The molecule has 0 atom stereocenters. The lowest BCUT2D eigenvalue weighted by Crippen LogP contribution is -2.07. The highest BCUT2D eigenvalue weighted by Gasteiger charge is 2.21. The lowest BCUT2D eigenvalue weighted by Gasteiger charge is -1.95. The first-order valence-corrected chi connectivity index (χ1v) is 4.58. The van der Waals surface area contributed by atoms with E-state index < -0.39 is 5.97 Å². The van der Waals surface area contributed by atoms with Crippen LogP contribution in [0.25, 0.3) is 11.3 Å². The number of rotatable bonds is 2. The van der Waals surface area contributed by atoms with Gasteiger partial charge in [0.2, 0.25) is 0 Å².